The van der Waals surface area contributed by atoms with Gasteiger partial charge in [0, 0.05) is 18.7 Å². The number of nitrogens with zero attached hydrogens (tertiary/aromatic N) is 2. The molecule has 0 spiro atoms. The van der Waals surface area contributed by atoms with Crippen LogP contribution in [0.1, 0.15) is 5.69 Å². The summed E-state index contributed by atoms with van der Waals surface area (Å²) in [5, 5.41) is 14.5. The second kappa shape index (κ2) is 4.11. The summed E-state index contributed by atoms with van der Waals surface area (Å²) in [6, 6.07) is 5.46. The van der Waals surface area contributed by atoms with Crippen LogP contribution in [0.4, 0.5) is 0 Å². The summed E-state index contributed by atoms with van der Waals surface area (Å²) in [4.78, 5) is 2.06. The van der Waals surface area contributed by atoms with E-state index in [1.165, 1.54) is 6.20 Å². The summed E-state index contributed by atoms with van der Waals surface area (Å²) in [6.07, 6.45) is 5.58. The molecule has 14 heavy (non-hydrogen) atoms. The minimum absolute atomic E-state index is 0.647. The molecular weight excluding hydrogens is 178 g/mol. The van der Waals surface area contributed by atoms with Gasteiger partial charge in [-0.3, -0.25) is 5.32 Å². The van der Waals surface area contributed by atoms with Crippen LogP contribution < -0.4 is 10.0 Å². The van der Waals surface area contributed by atoms with Gasteiger partial charge < -0.3 is 10.1 Å². The Balaban J connectivity index is 2.06. The number of pyridine rings is 1. The molecule has 0 saturated heterocycles. The highest BCUT2D eigenvalue weighted by molar-refractivity contribution is 4.99. The summed E-state index contributed by atoms with van der Waals surface area (Å²) in [6.45, 7) is 2.35. The van der Waals surface area contributed by atoms with Gasteiger partial charge in [-0.15, -0.1) is 0 Å². The van der Waals surface area contributed by atoms with Crippen molar-refractivity contribution in [3.8, 4) is 0 Å². The minimum Gasteiger partial charge on any atom is -0.618 e. The zero-order valence-electron chi connectivity index (χ0n) is 7.89. The molecule has 1 aromatic heterocycles. The summed E-state index contributed by atoms with van der Waals surface area (Å²) >= 11 is 0. The molecule has 0 bridgehead atoms. The monoisotopic (exact) mass is 191 g/mol. The highest BCUT2D eigenvalue weighted by Crippen LogP contribution is 2.01. The first kappa shape index (κ1) is 9.02. The average molecular weight is 191 g/mol. The SMILES string of the molecule is [O-][n+]1ccccc1CN1C=CCNC1. The molecule has 0 aromatic carbocycles. The number of hydrogen-bond donors (Lipinski definition) is 1. The fraction of sp³-hybridized carbons (Fsp3) is 0.300. The first-order chi connectivity index (χ1) is 6.86. The molecule has 1 aliphatic heterocycles. The molecule has 1 aliphatic rings. The lowest BCUT2D eigenvalue weighted by molar-refractivity contribution is -0.615. The molecule has 1 N–H and O–H groups in total. The Morgan fingerprint density at radius 1 is 1.50 bits per heavy atom. The molecular formula is C10H13N3O. The van der Waals surface area contributed by atoms with Gasteiger partial charge in [-0.05, 0) is 12.3 Å². The maximum absolute atomic E-state index is 11.3. The average Bonchev–Trinajstić information content (AvgIpc) is 2.23. The predicted molar refractivity (Wildman–Crippen MR) is 53.0 cm³/mol. The molecule has 0 amide bonds. The van der Waals surface area contributed by atoms with Gasteiger partial charge in [-0.25, -0.2) is 0 Å². The van der Waals surface area contributed by atoms with Crippen molar-refractivity contribution in [2.24, 2.45) is 0 Å². The van der Waals surface area contributed by atoms with Crippen molar-refractivity contribution in [2.45, 2.75) is 6.54 Å². The second-order valence-corrected chi connectivity index (χ2v) is 3.26. The van der Waals surface area contributed by atoms with Crippen molar-refractivity contribution in [1.82, 2.24) is 10.2 Å². The van der Waals surface area contributed by atoms with E-state index in [9.17, 15) is 5.21 Å². The lowest BCUT2D eigenvalue weighted by Gasteiger charge is -2.22. The van der Waals surface area contributed by atoms with Gasteiger partial charge >= 0.3 is 0 Å². The van der Waals surface area contributed by atoms with Crippen molar-refractivity contribution in [2.75, 3.05) is 13.2 Å². The van der Waals surface area contributed by atoms with Crippen LogP contribution in [0.3, 0.4) is 0 Å². The smallest absolute Gasteiger partial charge is 0.212 e. The normalized spacial score (nSPS) is 15.9. The van der Waals surface area contributed by atoms with Crippen LogP contribution >= 0.6 is 0 Å². The van der Waals surface area contributed by atoms with E-state index in [2.05, 4.69) is 10.2 Å². The van der Waals surface area contributed by atoms with Gasteiger partial charge in [0.25, 0.3) is 0 Å². The Morgan fingerprint density at radius 2 is 2.43 bits per heavy atom. The van der Waals surface area contributed by atoms with E-state index in [4.69, 9.17) is 0 Å². The Hall–Kier alpha value is -1.55. The van der Waals surface area contributed by atoms with E-state index in [1.54, 1.807) is 6.07 Å². The molecule has 1 aromatic rings. The fourth-order valence-corrected chi connectivity index (χ4v) is 1.45. The summed E-state index contributed by atoms with van der Waals surface area (Å²) < 4.78 is 0.905. The number of rotatable bonds is 2. The van der Waals surface area contributed by atoms with Crippen LogP contribution in [0.5, 0.6) is 0 Å². The Kier molecular flexibility index (Phi) is 2.65. The van der Waals surface area contributed by atoms with Crippen LogP contribution in [0.2, 0.25) is 0 Å². The van der Waals surface area contributed by atoms with E-state index in [-0.39, 0.29) is 0 Å². The first-order valence-electron chi connectivity index (χ1n) is 4.65. The Morgan fingerprint density at radius 3 is 3.14 bits per heavy atom. The Labute approximate surface area is 83.0 Å². The van der Waals surface area contributed by atoms with Crippen LogP contribution in [-0.2, 0) is 6.54 Å². The van der Waals surface area contributed by atoms with Crippen LogP contribution in [0.25, 0.3) is 0 Å². The quantitative estimate of drug-likeness (QED) is 0.536. The zero-order valence-corrected chi connectivity index (χ0v) is 7.89. The highest BCUT2D eigenvalue weighted by Gasteiger charge is 2.09. The number of hydrogen-bond acceptors (Lipinski definition) is 3. The molecule has 4 heteroatoms. The lowest BCUT2D eigenvalue weighted by Crippen LogP contribution is -2.39. The van der Waals surface area contributed by atoms with Crippen LogP contribution in [-0.4, -0.2) is 18.1 Å². The second-order valence-electron chi connectivity index (χ2n) is 3.26. The molecule has 0 aliphatic carbocycles. The van der Waals surface area contributed by atoms with Gasteiger partial charge in [-0.2, -0.15) is 4.73 Å². The molecule has 2 heterocycles. The molecule has 4 nitrogen and oxygen atoms in total. The van der Waals surface area contributed by atoms with Crippen molar-refractivity contribution >= 4 is 0 Å². The number of nitrogens with one attached hydrogen (secondary N) is 1. The zero-order chi connectivity index (χ0) is 9.80. The van der Waals surface area contributed by atoms with Crippen molar-refractivity contribution < 1.29 is 4.73 Å². The van der Waals surface area contributed by atoms with Gasteiger partial charge in [0.15, 0.2) is 6.20 Å². The van der Waals surface area contributed by atoms with Crippen molar-refractivity contribution in [3.63, 3.8) is 0 Å². The maximum Gasteiger partial charge on any atom is 0.212 e. The van der Waals surface area contributed by atoms with Crippen LogP contribution in [0.15, 0.2) is 36.7 Å². The molecule has 2 rings (SSSR count). The first-order valence-corrected chi connectivity index (χ1v) is 4.65. The van der Waals surface area contributed by atoms with Gasteiger partial charge in [-0.1, -0.05) is 6.08 Å². The summed E-state index contributed by atoms with van der Waals surface area (Å²) in [5.74, 6) is 0. The van der Waals surface area contributed by atoms with E-state index in [1.807, 2.05) is 24.4 Å². The topological polar surface area (TPSA) is 42.2 Å². The van der Waals surface area contributed by atoms with Gasteiger partial charge in [0.05, 0.1) is 6.67 Å². The summed E-state index contributed by atoms with van der Waals surface area (Å²) in [7, 11) is 0. The third-order valence-corrected chi connectivity index (χ3v) is 2.16. The standard InChI is InChI=1S/C10H13N3O/c14-13-7-2-1-4-10(13)8-12-6-3-5-11-9-12/h1-4,6-7,11H,5,8-9H2. The molecule has 0 unspecified atom stereocenters. The van der Waals surface area contributed by atoms with E-state index < -0.39 is 0 Å². The molecule has 0 atom stereocenters. The third kappa shape index (κ3) is 2.03. The summed E-state index contributed by atoms with van der Waals surface area (Å²) in [5.41, 5.74) is 0.765. The largest absolute Gasteiger partial charge is 0.618 e. The minimum atomic E-state index is 0.647. The predicted octanol–water partition coefficient (Wildman–Crippen LogP) is 0.196. The van der Waals surface area contributed by atoms with E-state index in [0.717, 1.165) is 23.6 Å². The van der Waals surface area contributed by atoms with Gasteiger partial charge in [0.1, 0.15) is 6.54 Å². The van der Waals surface area contributed by atoms with E-state index >= 15 is 0 Å². The Bertz CT molecular complexity index is 338. The molecule has 74 valence electrons. The van der Waals surface area contributed by atoms with Gasteiger partial charge in [0.2, 0.25) is 5.69 Å². The maximum atomic E-state index is 11.3. The third-order valence-electron chi connectivity index (χ3n) is 2.16. The number of aromatic nitrogens is 1. The molecule has 0 radical (unpaired) electrons. The molecule has 0 saturated carbocycles. The van der Waals surface area contributed by atoms with Crippen molar-refractivity contribution in [1.29, 1.82) is 0 Å². The lowest BCUT2D eigenvalue weighted by atomic mass is 10.3. The van der Waals surface area contributed by atoms with Crippen LogP contribution in [0, 0.1) is 5.21 Å². The molecule has 0 fully saturated rings. The highest BCUT2D eigenvalue weighted by atomic mass is 16.5. The van der Waals surface area contributed by atoms with E-state index in [0.29, 0.717) is 6.54 Å². The van der Waals surface area contributed by atoms with Crippen molar-refractivity contribution in [3.05, 3.63) is 47.6 Å². The fourth-order valence-electron chi connectivity index (χ4n) is 1.45.